The van der Waals surface area contributed by atoms with Gasteiger partial charge in [-0.05, 0) is 69.5 Å². The Kier molecular flexibility index (Phi) is 7.27. The van der Waals surface area contributed by atoms with Gasteiger partial charge in [0.2, 0.25) is 0 Å². The molecule has 0 aliphatic heterocycles. The zero-order chi connectivity index (χ0) is 21.5. The molecule has 2 rings (SSSR count). The van der Waals surface area contributed by atoms with Gasteiger partial charge in [-0.3, -0.25) is 0 Å². The van der Waals surface area contributed by atoms with Crippen LogP contribution in [0.5, 0.6) is 5.75 Å². The van der Waals surface area contributed by atoms with Crippen LogP contribution in [0, 0.1) is 0 Å². The normalized spacial score (nSPS) is 11.9. The van der Waals surface area contributed by atoms with Crippen LogP contribution in [0.2, 0.25) is 0 Å². The van der Waals surface area contributed by atoms with Gasteiger partial charge in [0.1, 0.15) is 11.4 Å². The first-order valence-electron chi connectivity index (χ1n) is 9.63. The summed E-state index contributed by atoms with van der Waals surface area (Å²) in [5.74, 6) is 0.435. The fourth-order valence-corrected chi connectivity index (χ4v) is 2.61. The van der Waals surface area contributed by atoms with Crippen LogP contribution in [0.25, 0.3) is 12.2 Å². The topological polar surface area (TPSA) is 44.8 Å². The summed E-state index contributed by atoms with van der Waals surface area (Å²) < 4.78 is 16.4. The van der Waals surface area contributed by atoms with Crippen molar-refractivity contribution in [2.24, 2.45) is 0 Å². The molecule has 0 N–H and O–H groups in total. The third-order valence-corrected chi connectivity index (χ3v) is 3.97. The van der Waals surface area contributed by atoms with Crippen molar-refractivity contribution in [2.75, 3.05) is 0 Å². The van der Waals surface area contributed by atoms with E-state index in [0.717, 1.165) is 16.7 Å². The van der Waals surface area contributed by atoms with E-state index in [0.29, 0.717) is 12.2 Å². The molecular weight excluding hydrogens is 364 g/mol. The van der Waals surface area contributed by atoms with Crippen molar-refractivity contribution in [2.45, 2.75) is 52.2 Å². The van der Waals surface area contributed by atoms with Gasteiger partial charge in [-0.25, -0.2) is 4.79 Å². The molecule has 2 aromatic carbocycles. The van der Waals surface area contributed by atoms with Crippen LogP contribution in [0.15, 0.2) is 61.4 Å². The van der Waals surface area contributed by atoms with Crippen molar-refractivity contribution in [3.8, 4) is 5.75 Å². The van der Waals surface area contributed by atoms with Gasteiger partial charge in [-0.2, -0.15) is 0 Å². The molecule has 29 heavy (non-hydrogen) atoms. The van der Waals surface area contributed by atoms with Gasteiger partial charge in [0.05, 0.1) is 11.9 Å². The number of hydrogen-bond acceptors (Lipinski definition) is 4. The van der Waals surface area contributed by atoms with Gasteiger partial charge >= 0.3 is 6.16 Å². The maximum atomic E-state index is 12.1. The zero-order valence-corrected chi connectivity index (χ0v) is 17.9. The van der Waals surface area contributed by atoms with E-state index in [1.807, 2.05) is 77.1 Å². The Morgan fingerprint density at radius 1 is 0.931 bits per heavy atom. The lowest BCUT2D eigenvalue weighted by molar-refractivity contribution is 0.00954. The van der Waals surface area contributed by atoms with Gasteiger partial charge in [0, 0.05) is 6.42 Å². The van der Waals surface area contributed by atoms with Crippen molar-refractivity contribution < 1.29 is 19.0 Å². The van der Waals surface area contributed by atoms with E-state index in [2.05, 4.69) is 6.58 Å². The predicted octanol–water partition coefficient (Wildman–Crippen LogP) is 6.65. The molecule has 0 heterocycles. The largest absolute Gasteiger partial charge is 0.514 e. The average molecular weight is 395 g/mol. The maximum Gasteiger partial charge on any atom is 0.514 e. The Hall–Kier alpha value is -3.01. The monoisotopic (exact) mass is 394 g/mol. The number of hydrogen-bond donors (Lipinski definition) is 0. The summed E-state index contributed by atoms with van der Waals surface area (Å²) in [6, 6.07) is 15.1. The number of carbonyl (C=O) groups excluding carboxylic acids is 1. The summed E-state index contributed by atoms with van der Waals surface area (Å²) in [4.78, 5) is 12.1. The lowest BCUT2D eigenvalue weighted by atomic mass is 9.97. The zero-order valence-electron chi connectivity index (χ0n) is 17.9. The fourth-order valence-electron chi connectivity index (χ4n) is 2.61. The lowest BCUT2D eigenvalue weighted by Gasteiger charge is -2.24. The molecule has 0 amide bonds. The highest BCUT2D eigenvalue weighted by molar-refractivity contribution is 5.64. The average Bonchev–Trinajstić information content (AvgIpc) is 2.62. The van der Waals surface area contributed by atoms with Crippen molar-refractivity contribution in [1.82, 2.24) is 0 Å². The highest BCUT2D eigenvalue weighted by Gasteiger charge is 2.25. The second-order valence-corrected chi connectivity index (χ2v) is 8.44. The Balaban J connectivity index is 1.90. The molecule has 0 radical (unpaired) electrons. The minimum atomic E-state index is -0.722. The number of carbonyl (C=O) groups is 1. The molecule has 0 unspecified atom stereocenters. The first-order chi connectivity index (χ1) is 13.6. The van der Waals surface area contributed by atoms with Gasteiger partial charge in [0.25, 0.3) is 0 Å². The minimum absolute atomic E-state index is 0.208. The van der Waals surface area contributed by atoms with E-state index >= 15 is 0 Å². The summed E-state index contributed by atoms with van der Waals surface area (Å²) in [6.07, 6.45) is 5.20. The Morgan fingerprint density at radius 3 is 2.07 bits per heavy atom. The van der Waals surface area contributed by atoms with Crippen LogP contribution in [0.3, 0.4) is 0 Å². The van der Waals surface area contributed by atoms with E-state index in [4.69, 9.17) is 14.2 Å². The third-order valence-electron chi connectivity index (χ3n) is 3.97. The standard InChI is InChI=1S/C25H30O4/c1-7-19-12-14-22(15-13-19)28-23(26)29-25(5,6)18-21-10-8-20(9-11-21)16-17-27-24(2,3)4/h7-17H,1,18H2,2-6H3. The van der Waals surface area contributed by atoms with Crippen molar-refractivity contribution in [3.63, 3.8) is 0 Å². The summed E-state index contributed by atoms with van der Waals surface area (Å²) in [6.45, 7) is 13.4. The summed E-state index contributed by atoms with van der Waals surface area (Å²) in [7, 11) is 0. The Bertz CT molecular complexity index is 838. The van der Waals surface area contributed by atoms with Crippen LogP contribution in [-0.2, 0) is 15.9 Å². The number of rotatable bonds is 7. The first kappa shape index (κ1) is 22.3. The SMILES string of the molecule is C=Cc1ccc(OC(=O)OC(C)(C)Cc2ccc(C=COC(C)(C)C)cc2)cc1. The Morgan fingerprint density at radius 2 is 1.52 bits per heavy atom. The van der Waals surface area contributed by atoms with E-state index < -0.39 is 11.8 Å². The van der Waals surface area contributed by atoms with Gasteiger partial charge in [-0.1, -0.05) is 49.1 Å². The molecule has 4 nitrogen and oxygen atoms in total. The van der Waals surface area contributed by atoms with E-state index in [9.17, 15) is 4.79 Å². The van der Waals surface area contributed by atoms with Gasteiger partial charge < -0.3 is 14.2 Å². The molecule has 0 aliphatic carbocycles. The molecule has 0 saturated carbocycles. The summed E-state index contributed by atoms with van der Waals surface area (Å²) in [5, 5.41) is 0. The molecule has 0 spiro atoms. The molecule has 0 saturated heterocycles. The molecule has 154 valence electrons. The summed E-state index contributed by atoms with van der Waals surface area (Å²) in [5.41, 5.74) is 2.14. The fraction of sp³-hybridized carbons (Fsp3) is 0.320. The second kappa shape index (κ2) is 9.46. The van der Waals surface area contributed by atoms with Crippen LogP contribution in [-0.4, -0.2) is 17.4 Å². The van der Waals surface area contributed by atoms with Crippen LogP contribution >= 0.6 is 0 Å². The van der Waals surface area contributed by atoms with E-state index in [-0.39, 0.29) is 5.60 Å². The molecule has 4 heteroatoms. The molecular formula is C25H30O4. The van der Waals surface area contributed by atoms with Crippen LogP contribution < -0.4 is 4.74 Å². The minimum Gasteiger partial charge on any atom is -0.496 e. The molecule has 0 aromatic heterocycles. The molecule has 0 fully saturated rings. The number of ether oxygens (including phenoxy) is 3. The molecule has 2 aromatic rings. The van der Waals surface area contributed by atoms with Gasteiger partial charge in [0.15, 0.2) is 0 Å². The summed E-state index contributed by atoms with van der Waals surface area (Å²) >= 11 is 0. The molecule has 0 aliphatic rings. The lowest BCUT2D eigenvalue weighted by Crippen LogP contribution is -2.32. The predicted molar refractivity (Wildman–Crippen MR) is 118 cm³/mol. The quantitative estimate of drug-likeness (QED) is 0.299. The molecule has 0 atom stereocenters. The highest BCUT2D eigenvalue weighted by atomic mass is 16.7. The van der Waals surface area contributed by atoms with Crippen molar-refractivity contribution in [3.05, 3.63) is 78.1 Å². The number of benzene rings is 2. The first-order valence-corrected chi connectivity index (χ1v) is 9.63. The van der Waals surface area contributed by atoms with E-state index in [1.54, 1.807) is 24.5 Å². The van der Waals surface area contributed by atoms with Crippen molar-refractivity contribution in [1.29, 1.82) is 0 Å². The highest BCUT2D eigenvalue weighted by Crippen LogP contribution is 2.21. The third kappa shape index (κ3) is 8.26. The van der Waals surface area contributed by atoms with Crippen LogP contribution in [0.4, 0.5) is 4.79 Å². The van der Waals surface area contributed by atoms with Crippen LogP contribution in [0.1, 0.15) is 51.3 Å². The van der Waals surface area contributed by atoms with E-state index in [1.165, 1.54) is 0 Å². The van der Waals surface area contributed by atoms with Crippen molar-refractivity contribution >= 4 is 18.3 Å². The van der Waals surface area contributed by atoms with Gasteiger partial charge in [-0.15, -0.1) is 0 Å². The maximum absolute atomic E-state index is 12.1. The smallest absolute Gasteiger partial charge is 0.496 e. The molecule has 0 bridgehead atoms. The Labute approximate surface area is 173 Å². The second-order valence-electron chi connectivity index (χ2n) is 8.44.